The van der Waals surface area contributed by atoms with Crippen LogP contribution in [0.4, 0.5) is 11.4 Å². The first-order chi connectivity index (χ1) is 14.1. The summed E-state index contributed by atoms with van der Waals surface area (Å²) in [6.45, 7) is 2.63. The van der Waals surface area contributed by atoms with Gasteiger partial charge < -0.3 is 9.47 Å². The predicted molar refractivity (Wildman–Crippen MR) is 107 cm³/mol. The number of nitro groups is 1. The maximum Gasteiger partial charge on any atom is 0.338 e. The number of methoxy groups -OCH3 is 1. The molecule has 10 nitrogen and oxygen atoms in total. The van der Waals surface area contributed by atoms with E-state index in [4.69, 9.17) is 4.74 Å². The highest BCUT2D eigenvalue weighted by Crippen LogP contribution is 2.30. The normalized spacial score (nSPS) is 10.9. The summed E-state index contributed by atoms with van der Waals surface area (Å²) in [7, 11) is -3.21. The zero-order valence-electron chi connectivity index (χ0n) is 16.5. The largest absolute Gasteiger partial charge is 0.468 e. The summed E-state index contributed by atoms with van der Waals surface area (Å²) in [5.41, 5.74) is 0.215. The second-order valence-electron chi connectivity index (χ2n) is 6.01. The van der Waals surface area contributed by atoms with Crippen LogP contribution in [0.2, 0.25) is 0 Å². The lowest BCUT2D eigenvalue weighted by molar-refractivity contribution is -0.384. The van der Waals surface area contributed by atoms with E-state index in [-0.39, 0.29) is 34.0 Å². The number of carbonyl (C=O) groups is 2. The van der Waals surface area contributed by atoms with Crippen LogP contribution >= 0.6 is 0 Å². The Morgan fingerprint density at radius 2 is 1.77 bits per heavy atom. The van der Waals surface area contributed by atoms with E-state index in [0.29, 0.717) is 0 Å². The molecule has 0 aromatic heterocycles. The lowest BCUT2D eigenvalue weighted by atomic mass is 10.1. The molecule has 11 heteroatoms. The van der Waals surface area contributed by atoms with Gasteiger partial charge in [-0.25, -0.2) is 13.2 Å². The number of esters is 2. The minimum Gasteiger partial charge on any atom is -0.468 e. The molecule has 2 aromatic carbocycles. The van der Waals surface area contributed by atoms with Gasteiger partial charge in [0.1, 0.15) is 6.54 Å². The average molecular weight is 436 g/mol. The fourth-order valence-electron chi connectivity index (χ4n) is 2.67. The molecule has 2 rings (SSSR count). The molecule has 0 spiro atoms. The monoisotopic (exact) mass is 436 g/mol. The maximum atomic E-state index is 13.3. The Labute approximate surface area is 173 Å². The number of sulfonamides is 1. The van der Waals surface area contributed by atoms with E-state index in [9.17, 15) is 28.1 Å². The fourth-order valence-corrected chi connectivity index (χ4v) is 4.14. The lowest BCUT2D eigenvalue weighted by Gasteiger charge is -2.25. The number of non-ortho nitro benzene ring substituents is 1. The number of anilines is 1. The first kappa shape index (κ1) is 22.8. The van der Waals surface area contributed by atoms with Crippen molar-refractivity contribution in [1.82, 2.24) is 0 Å². The van der Waals surface area contributed by atoms with Gasteiger partial charge >= 0.3 is 11.9 Å². The maximum absolute atomic E-state index is 13.3. The molecular weight excluding hydrogens is 416 g/mol. The summed E-state index contributed by atoms with van der Waals surface area (Å²) in [5.74, 6) is -1.47. The summed E-state index contributed by atoms with van der Waals surface area (Å²) in [6, 6.07) is 8.61. The highest BCUT2D eigenvalue weighted by Gasteiger charge is 2.30. The van der Waals surface area contributed by atoms with Crippen LogP contribution in [0.5, 0.6) is 0 Å². The lowest BCUT2D eigenvalue weighted by Crippen LogP contribution is -2.37. The SMILES string of the molecule is CCOC(=O)c1cccc(N(CC(=O)OC)S(=O)(=O)c2ccc([N+](=O)[O-])cc2)c1C. The zero-order chi connectivity index (χ0) is 22.5. The van der Waals surface area contributed by atoms with E-state index in [2.05, 4.69) is 4.74 Å². The highest BCUT2D eigenvalue weighted by molar-refractivity contribution is 7.92. The van der Waals surface area contributed by atoms with Crippen molar-refractivity contribution < 1.29 is 32.4 Å². The van der Waals surface area contributed by atoms with Gasteiger partial charge in [-0.3, -0.25) is 19.2 Å². The number of hydrogen-bond donors (Lipinski definition) is 0. The molecule has 0 heterocycles. The van der Waals surface area contributed by atoms with Gasteiger partial charge in [0.25, 0.3) is 15.7 Å². The molecule has 0 atom stereocenters. The number of carbonyl (C=O) groups excluding carboxylic acids is 2. The molecular formula is C19H20N2O8S. The number of benzene rings is 2. The molecule has 0 aliphatic rings. The van der Waals surface area contributed by atoms with Gasteiger partial charge in [0.05, 0.1) is 34.8 Å². The van der Waals surface area contributed by atoms with Crippen molar-refractivity contribution in [3.63, 3.8) is 0 Å². The van der Waals surface area contributed by atoms with Gasteiger partial charge in [-0.2, -0.15) is 0 Å². The standard InChI is InChI=1S/C19H20N2O8S/c1-4-29-19(23)16-6-5-7-17(13(16)2)20(12-18(22)28-3)30(26,27)15-10-8-14(9-11-15)21(24)25/h5-11H,4,12H2,1-3H3. The van der Waals surface area contributed by atoms with Crippen LogP contribution in [-0.2, 0) is 24.3 Å². The van der Waals surface area contributed by atoms with Crippen LogP contribution < -0.4 is 4.31 Å². The Balaban J connectivity index is 2.61. The van der Waals surface area contributed by atoms with Crippen LogP contribution in [0.15, 0.2) is 47.4 Å². The Morgan fingerprint density at radius 3 is 2.30 bits per heavy atom. The van der Waals surface area contributed by atoms with Gasteiger partial charge in [-0.1, -0.05) is 6.07 Å². The third-order valence-electron chi connectivity index (χ3n) is 4.21. The minimum atomic E-state index is -4.32. The Hall–Kier alpha value is -3.47. The summed E-state index contributed by atoms with van der Waals surface area (Å²) in [6.07, 6.45) is 0. The van der Waals surface area contributed by atoms with Crippen molar-refractivity contribution in [3.8, 4) is 0 Å². The Kier molecular flexibility index (Phi) is 7.11. The van der Waals surface area contributed by atoms with Crippen molar-refractivity contribution in [2.75, 3.05) is 24.6 Å². The molecule has 0 fully saturated rings. The molecule has 0 saturated heterocycles. The third-order valence-corrected chi connectivity index (χ3v) is 5.98. The second-order valence-corrected chi connectivity index (χ2v) is 7.87. The van der Waals surface area contributed by atoms with Crippen LogP contribution in [0.1, 0.15) is 22.8 Å². The molecule has 160 valence electrons. The predicted octanol–water partition coefficient (Wildman–Crippen LogP) is 2.45. The summed E-state index contributed by atoms with van der Waals surface area (Å²) >= 11 is 0. The summed E-state index contributed by atoms with van der Waals surface area (Å²) in [4.78, 5) is 34.1. The van der Waals surface area contributed by atoms with Crippen molar-refractivity contribution in [1.29, 1.82) is 0 Å². The molecule has 0 saturated carbocycles. The van der Waals surface area contributed by atoms with E-state index in [0.717, 1.165) is 35.7 Å². The molecule has 0 radical (unpaired) electrons. The van der Waals surface area contributed by atoms with Crippen LogP contribution in [0, 0.1) is 17.0 Å². The number of nitro benzene ring substituents is 1. The topological polar surface area (TPSA) is 133 Å². The van der Waals surface area contributed by atoms with Gasteiger partial charge in [0.15, 0.2) is 0 Å². The first-order valence-electron chi connectivity index (χ1n) is 8.74. The summed E-state index contributed by atoms with van der Waals surface area (Å²) < 4.78 is 36.9. The van der Waals surface area contributed by atoms with E-state index < -0.39 is 33.4 Å². The van der Waals surface area contributed by atoms with Gasteiger partial charge in [0, 0.05) is 12.1 Å². The van der Waals surface area contributed by atoms with Crippen molar-refractivity contribution in [2.45, 2.75) is 18.7 Å². The van der Waals surface area contributed by atoms with E-state index in [1.807, 2.05) is 0 Å². The molecule has 0 aliphatic heterocycles. The Bertz CT molecular complexity index is 1060. The van der Waals surface area contributed by atoms with E-state index >= 15 is 0 Å². The molecule has 30 heavy (non-hydrogen) atoms. The van der Waals surface area contributed by atoms with Gasteiger partial charge in [-0.05, 0) is 43.7 Å². The number of ether oxygens (including phenoxy) is 2. The minimum absolute atomic E-state index is 0.0734. The third kappa shape index (κ3) is 4.74. The second kappa shape index (κ2) is 9.35. The van der Waals surface area contributed by atoms with Gasteiger partial charge in [0.2, 0.25) is 0 Å². The molecule has 0 aliphatic carbocycles. The summed E-state index contributed by atoms with van der Waals surface area (Å²) in [5, 5.41) is 10.8. The Morgan fingerprint density at radius 1 is 1.13 bits per heavy atom. The van der Waals surface area contributed by atoms with Crippen molar-refractivity contribution in [3.05, 3.63) is 63.7 Å². The molecule has 2 aromatic rings. The van der Waals surface area contributed by atoms with Crippen LogP contribution in [0.3, 0.4) is 0 Å². The van der Waals surface area contributed by atoms with E-state index in [1.54, 1.807) is 6.92 Å². The first-order valence-corrected chi connectivity index (χ1v) is 10.2. The molecule has 0 unspecified atom stereocenters. The van der Waals surface area contributed by atoms with Gasteiger partial charge in [-0.15, -0.1) is 0 Å². The molecule has 0 amide bonds. The number of nitrogens with zero attached hydrogens (tertiary/aromatic N) is 2. The van der Waals surface area contributed by atoms with Crippen LogP contribution in [0.25, 0.3) is 0 Å². The van der Waals surface area contributed by atoms with E-state index in [1.165, 1.54) is 25.1 Å². The quantitative estimate of drug-likeness (QED) is 0.350. The van der Waals surface area contributed by atoms with Crippen molar-refractivity contribution in [2.24, 2.45) is 0 Å². The smallest absolute Gasteiger partial charge is 0.338 e. The van der Waals surface area contributed by atoms with Crippen molar-refractivity contribution >= 4 is 33.3 Å². The number of hydrogen-bond acceptors (Lipinski definition) is 8. The molecule has 0 bridgehead atoms. The number of rotatable bonds is 8. The molecule has 0 N–H and O–H groups in total. The highest BCUT2D eigenvalue weighted by atomic mass is 32.2. The fraction of sp³-hybridized carbons (Fsp3) is 0.263. The zero-order valence-corrected chi connectivity index (χ0v) is 17.3. The van der Waals surface area contributed by atoms with Crippen LogP contribution in [-0.4, -0.2) is 45.5 Å². The average Bonchev–Trinajstić information content (AvgIpc) is 2.72.